The van der Waals surface area contributed by atoms with Gasteiger partial charge >= 0.3 is 5.97 Å². The molecule has 4 heteroatoms. The van der Waals surface area contributed by atoms with Gasteiger partial charge in [0.25, 0.3) is 0 Å². The zero-order chi connectivity index (χ0) is 11.1. The van der Waals surface area contributed by atoms with Crippen LogP contribution in [-0.4, -0.2) is 36.9 Å². The molecule has 2 atom stereocenters. The fourth-order valence-electron chi connectivity index (χ4n) is 1.82. The predicted octanol–water partition coefficient (Wildman–Crippen LogP) is 1.26. The number of unbranched alkanes of at least 4 members (excludes halogenated alkanes) is 2. The predicted molar refractivity (Wildman–Crippen MR) is 57.9 cm³/mol. The highest BCUT2D eigenvalue weighted by Gasteiger charge is 2.26. The number of carbonyl (C=O) groups is 1. The van der Waals surface area contributed by atoms with Crippen molar-refractivity contribution in [1.82, 2.24) is 5.32 Å². The van der Waals surface area contributed by atoms with Crippen molar-refractivity contribution in [2.45, 2.75) is 38.7 Å². The highest BCUT2D eigenvalue weighted by atomic mass is 16.5. The maximum Gasteiger partial charge on any atom is 0.307 e. The second-order valence-electron chi connectivity index (χ2n) is 4.13. The minimum absolute atomic E-state index is 0.0803. The molecule has 2 N–H and O–H groups in total. The van der Waals surface area contributed by atoms with E-state index in [0.717, 1.165) is 19.6 Å². The lowest BCUT2D eigenvalue weighted by Gasteiger charge is -2.27. The quantitative estimate of drug-likeness (QED) is 0.655. The van der Waals surface area contributed by atoms with Crippen molar-refractivity contribution < 1.29 is 14.6 Å². The van der Waals surface area contributed by atoms with E-state index in [1.807, 2.05) is 0 Å². The van der Waals surface area contributed by atoms with Crippen LogP contribution in [0.3, 0.4) is 0 Å². The summed E-state index contributed by atoms with van der Waals surface area (Å²) in [5, 5.41) is 12.0. The Bertz CT molecular complexity index is 196. The molecule has 0 aliphatic carbocycles. The van der Waals surface area contributed by atoms with Crippen molar-refractivity contribution in [2.75, 3.05) is 19.7 Å². The Hall–Kier alpha value is -0.610. The number of carboxylic acid groups (broad SMARTS) is 1. The third-order valence-electron chi connectivity index (χ3n) is 2.76. The minimum atomic E-state index is -0.718. The highest BCUT2D eigenvalue weighted by molar-refractivity contribution is 5.70. The van der Waals surface area contributed by atoms with Gasteiger partial charge in [-0.15, -0.1) is 0 Å². The van der Waals surface area contributed by atoms with Crippen LogP contribution in [0, 0.1) is 5.92 Å². The van der Waals surface area contributed by atoms with Gasteiger partial charge in [-0.1, -0.05) is 19.8 Å². The number of rotatable bonds is 6. The maximum absolute atomic E-state index is 10.8. The summed E-state index contributed by atoms with van der Waals surface area (Å²) < 4.78 is 5.64. The van der Waals surface area contributed by atoms with E-state index in [2.05, 4.69) is 12.2 Å². The van der Waals surface area contributed by atoms with Crippen LogP contribution in [0.25, 0.3) is 0 Å². The van der Waals surface area contributed by atoms with E-state index in [0.29, 0.717) is 13.0 Å². The normalized spacial score (nSPS) is 26.5. The SMILES string of the molecule is CCCCCOC1CNCC(C(=O)O)C1. The number of hydrogen-bond donors (Lipinski definition) is 2. The molecule has 15 heavy (non-hydrogen) atoms. The standard InChI is InChI=1S/C11H21NO3/c1-2-3-4-5-15-10-6-9(11(13)14)7-12-8-10/h9-10,12H,2-8H2,1H3,(H,13,14). The van der Waals surface area contributed by atoms with Gasteiger partial charge in [-0.25, -0.2) is 0 Å². The van der Waals surface area contributed by atoms with E-state index in [1.54, 1.807) is 0 Å². The highest BCUT2D eigenvalue weighted by Crippen LogP contribution is 2.14. The molecule has 0 aromatic carbocycles. The topological polar surface area (TPSA) is 58.6 Å². The number of carboxylic acids is 1. The molecule has 1 heterocycles. The number of nitrogens with one attached hydrogen (secondary N) is 1. The summed E-state index contributed by atoms with van der Waals surface area (Å²) in [6.07, 6.45) is 4.17. The summed E-state index contributed by atoms with van der Waals surface area (Å²) >= 11 is 0. The first-order chi connectivity index (χ1) is 7.24. The van der Waals surface area contributed by atoms with Crippen molar-refractivity contribution in [3.05, 3.63) is 0 Å². The van der Waals surface area contributed by atoms with Crippen molar-refractivity contribution in [2.24, 2.45) is 5.92 Å². The Morgan fingerprint density at radius 3 is 2.93 bits per heavy atom. The van der Waals surface area contributed by atoms with E-state index in [4.69, 9.17) is 9.84 Å². The zero-order valence-corrected chi connectivity index (χ0v) is 9.37. The molecule has 0 bridgehead atoms. The molecule has 1 aliphatic heterocycles. The van der Waals surface area contributed by atoms with E-state index >= 15 is 0 Å². The molecule has 0 aromatic rings. The summed E-state index contributed by atoms with van der Waals surface area (Å²) in [6, 6.07) is 0. The molecule has 1 aliphatic rings. The van der Waals surface area contributed by atoms with Gasteiger partial charge in [0, 0.05) is 19.7 Å². The van der Waals surface area contributed by atoms with Crippen LogP contribution in [0.1, 0.15) is 32.6 Å². The van der Waals surface area contributed by atoms with Gasteiger partial charge in [0.1, 0.15) is 0 Å². The lowest BCUT2D eigenvalue weighted by Crippen LogP contribution is -2.43. The van der Waals surface area contributed by atoms with Crippen molar-refractivity contribution in [3.63, 3.8) is 0 Å². The Labute approximate surface area is 91.0 Å². The molecular formula is C11H21NO3. The van der Waals surface area contributed by atoms with Gasteiger partial charge in [-0.3, -0.25) is 4.79 Å². The third kappa shape index (κ3) is 4.62. The summed E-state index contributed by atoms with van der Waals surface area (Å²) in [5.74, 6) is -1.00. The molecule has 0 amide bonds. The molecular weight excluding hydrogens is 194 g/mol. The van der Waals surface area contributed by atoms with Gasteiger partial charge < -0.3 is 15.2 Å². The average molecular weight is 215 g/mol. The van der Waals surface area contributed by atoms with Gasteiger partial charge in [-0.2, -0.15) is 0 Å². The molecule has 0 spiro atoms. The summed E-state index contributed by atoms with van der Waals surface area (Å²) in [5.41, 5.74) is 0. The molecule has 0 aromatic heterocycles. The van der Waals surface area contributed by atoms with Crippen LogP contribution >= 0.6 is 0 Å². The molecule has 88 valence electrons. The lowest BCUT2D eigenvalue weighted by atomic mass is 9.98. The zero-order valence-electron chi connectivity index (χ0n) is 9.37. The van der Waals surface area contributed by atoms with Crippen LogP contribution < -0.4 is 5.32 Å². The minimum Gasteiger partial charge on any atom is -0.481 e. The number of ether oxygens (including phenoxy) is 1. The molecule has 0 radical (unpaired) electrons. The monoisotopic (exact) mass is 215 g/mol. The summed E-state index contributed by atoms with van der Waals surface area (Å²) in [7, 11) is 0. The van der Waals surface area contributed by atoms with Crippen molar-refractivity contribution in [1.29, 1.82) is 0 Å². The Kier molecular flexibility index (Phi) is 5.65. The van der Waals surface area contributed by atoms with E-state index in [1.165, 1.54) is 12.8 Å². The fourth-order valence-corrected chi connectivity index (χ4v) is 1.82. The summed E-state index contributed by atoms with van der Waals surface area (Å²) in [4.78, 5) is 10.8. The van der Waals surface area contributed by atoms with Crippen LogP contribution in [0.15, 0.2) is 0 Å². The van der Waals surface area contributed by atoms with Crippen LogP contribution in [0.5, 0.6) is 0 Å². The average Bonchev–Trinajstić information content (AvgIpc) is 2.25. The van der Waals surface area contributed by atoms with Crippen molar-refractivity contribution in [3.8, 4) is 0 Å². The molecule has 1 fully saturated rings. The second-order valence-corrected chi connectivity index (χ2v) is 4.13. The number of aliphatic carboxylic acids is 1. The van der Waals surface area contributed by atoms with Crippen molar-refractivity contribution >= 4 is 5.97 Å². The number of piperidine rings is 1. The molecule has 2 unspecified atom stereocenters. The van der Waals surface area contributed by atoms with E-state index < -0.39 is 5.97 Å². The second kappa shape index (κ2) is 6.80. The Morgan fingerprint density at radius 1 is 1.47 bits per heavy atom. The van der Waals surface area contributed by atoms with Gasteiger partial charge in [-0.05, 0) is 12.8 Å². The first kappa shape index (κ1) is 12.5. The van der Waals surface area contributed by atoms with E-state index in [-0.39, 0.29) is 12.0 Å². The molecule has 1 saturated heterocycles. The summed E-state index contributed by atoms with van der Waals surface area (Å²) in [6.45, 7) is 4.27. The first-order valence-corrected chi connectivity index (χ1v) is 5.79. The first-order valence-electron chi connectivity index (χ1n) is 5.79. The Morgan fingerprint density at radius 2 is 2.27 bits per heavy atom. The molecule has 0 saturated carbocycles. The van der Waals surface area contributed by atoms with Gasteiger partial charge in [0.15, 0.2) is 0 Å². The van der Waals surface area contributed by atoms with Crippen LogP contribution in [0.2, 0.25) is 0 Å². The third-order valence-corrected chi connectivity index (χ3v) is 2.76. The maximum atomic E-state index is 10.8. The molecule has 1 rings (SSSR count). The van der Waals surface area contributed by atoms with Crippen LogP contribution in [-0.2, 0) is 9.53 Å². The smallest absolute Gasteiger partial charge is 0.307 e. The van der Waals surface area contributed by atoms with Crippen LogP contribution in [0.4, 0.5) is 0 Å². The fraction of sp³-hybridized carbons (Fsp3) is 0.909. The number of hydrogen-bond acceptors (Lipinski definition) is 3. The largest absolute Gasteiger partial charge is 0.481 e. The van der Waals surface area contributed by atoms with Gasteiger partial charge in [0.2, 0.25) is 0 Å². The molecule has 4 nitrogen and oxygen atoms in total. The van der Waals surface area contributed by atoms with Gasteiger partial charge in [0.05, 0.1) is 12.0 Å². The lowest BCUT2D eigenvalue weighted by molar-refractivity contribution is -0.144. The Balaban J connectivity index is 2.15. The van der Waals surface area contributed by atoms with E-state index in [9.17, 15) is 4.79 Å².